The van der Waals surface area contributed by atoms with E-state index in [0.29, 0.717) is 10.0 Å². The summed E-state index contributed by atoms with van der Waals surface area (Å²) in [6.07, 6.45) is -1.23. The van der Waals surface area contributed by atoms with Gasteiger partial charge in [0.2, 0.25) is 0 Å². The first kappa shape index (κ1) is 13.1. The molecule has 2 rings (SSSR count). The Kier molecular flexibility index (Phi) is 3.73. The molecule has 0 spiro atoms. The third-order valence-corrected chi connectivity index (χ3v) is 3.24. The number of hydrogen-bond acceptors (Lipinski definition) is 1. The van der Waals surface area contributed by atoms with Crippen molar-refractivity contribution < 1.29 is 18.3 Å². The molecule has 18 heavy (non-hydrogen) atoms. The van der Waals surface area contributed by atoms with E-state index in [1.54, 1.807) is 24.3 Å². The van der Waals surface area contributed by atoms with Crippen molar-refractivity contribution in [2.24, 2.45) is 0 Å². The summed E-state index contributed by atoms with van der Waals surface area (Å²) in [5.41, 5.74) is 0.404. The molecule has 94 valence electrons. The number of aliphatic hydroxyl groups excluding tert-OH is 1. The smallest absolute Gasteiger partial charge is 0.194 e. The first-order valence-corrected chi connectivity index (χ1v) is 5.87. The maximum Gasteiger partial charge on any atom is 0.194 e. The minimum Gasteiger partial charge on any atom is -0.384 e. The SMILES string of the molecule is O[C@@H](c1cc(F)c(F)c(F)c1)c1ccccc1Br. The zero-order chi connectivity index (χ0) is 13.3. The molecule has 0 aromatic heterocycles. The van der Waals surface area contributed by atoms with Crippen LogP contribution in [0.3, 0.4) is 0 Å². The zero-order valence-electron chi connectivity index (χ0n) is 9.00. The third-order valence-electron chi connectivity index (χ3n) is 2.52. The Bertz CT molecular complexity index is 563. The quantitative estimate of drug-likeness (QED) is 0.832. The Morgan fingerprint density at radius 2 is 1.56 bits per heavy atom. The molecule has 1 N–H and O–H groups in total. The topological polar surface area (TPSA) is 20.2 Å². The van der Waals surface area contributed by atoms with Crippen molar-refractivity contribution in [3.8, 4) is 0 Å². The second kappa shape index (κ2) is 5.12. The van der Waals surface area contributed by atoms with Crippen LogP contribution in [-0.2, 0) is 0 Å². The first-order chi connectivity index (χ1) is 8.50. The van der Waals surface area contributed by atoms with Crippen LogP contribution in [0.5, 0.6) is 0 Å². The summed E-state index contributed by atoms with van der Waals surface area (Å²) in [5, 5.41) is 10.0. The third kappa shape index (κ3) is 2.42. The largest absolute Gasteiger partial charge is 0.384 e. The van der Waals surface area contributed by atoms with E-state index in [-0.39, 0.29) is 5.56 Å². The van der Waals surface area contributed by atoms with Gasteiger partial charge in [0.05, 0.1) is 0 Å². The van der Waals surface area contributed by atoms with E-state index in [1.165, 1.54) is 0 Å². The van der Waals surface area contributed by atoms with E-state index in [9.17, 15) is 18.3 Å². The van der Waals surface area contributed by atoms with Crippen molar-refractivity contribution >= 4 is 15.9 Å². The van der Waals surface area contributed by atoms with Gasteiger partial charge in [-0.2, -0.15) is 0 Å². The summed E-state index contributed by atoms with van der Waals surface area (Å²) in [7, 11) is 0. The molecule has 0 radical (unpaired) electrons. The van der Waals surface area contributed by atoms with Gasteiger partial charge < -0.3 is 5.11 Å². The van der Waals surface area contributed by atoms with Crippen LogP contribution >= 0.6 is 15.9 Å². The lowest BCUT2D eigenvalue weighted by molar-refractivity contribution is 0.218. The summed E-state index contributed by atoms with van der Waals surface area (Å²) in [6.45, 7) is 0. The molecule has 0 unspecified atom stereocenters. The van der Waals surface area contributed by atoms with Crippen molar-refractivity contribution in [3.05, 3.63) is 69.4 Å². The van der Waals surface area contributed by atoms with Crippen molar-refractivity contribution in [1.29, 1.82) is 0 Å². The Morgan fingerprint density at radius 3 is 2.11 bits per heavy atom. The van der Waals surface area contributed by atoms with E-state index in [4.69, 9.17) is 0 Å². The lowest BCUT2D eigenvalue weighted by Gasteiger charge is -2.13. The van der Waals surface area contributed by atoms with Crippen LogP contribution in [0.4, 0.5) is 13.2 Å². The highest BCUT2D eigenvalue weighted by atomic mass is 79.9. The molecule has 1 atom stereocenters. The van der Waals surface area contributed by atoms with Gasteiger partial charge >= 0.3 is 0 Å². The minimum absolute atomic E-state index is 0.0432. The lowest BCUT2D eigenvalue weighted by Crippen LogP contribution is -2.03. The number of rotatable bonds is 2. The molecule has 2 aromatic carbocycles. The van der Waals surface area contributed by atoms with Gasteiger partial charge in [0, 0.05) is 4.47 Å². The predicted octanol–water partition coefficient (Wildman–Crippen LogP) is 3.95. The second-order valence-corrected chi connectivity index (χ2v) is 4.58. The van der Waals surface area contributed by atoms with Gasteiger partial charge in [0.25, 0.3) is 0 Å². The van der Waals surface area contributed by atoms with Crippen LogP contribution in [0.15, 0.2) is 40.9 Å². The van der Waals surface area contributed by atoms with Crippen LogP contribution in [0.25, 0.3) is 0 Å². The molecular formula is C13H8BrF3O. The van der Waals surface area contributed by atoms with E-state index in [2.05, 4.69) is 15.9 Å². The molecule has 0 aliphatic rings. The molecule has 0 aliphatic carbocycles. The molecular weight excluding hydrogens is 309 g/mol. The highest BCUT2D eigenvalue weighted by Gasteiger charge is 2.18. The van der Waals surface area contributed by atoms with Gasteiger partial charge in [-0.3, -0.25) is 0 Å². The van der Waals surface area contributed by atoms with Crippen LogP contribution in [-0.4, -0.2) is 5.11 Å². The molecule has 0 saturated heterocycles. The maximum absolute atomic E-state index is 13.1. The zero-order valence-corrected chi connectivity index (χ0v) is 10.6. The molecule has 0 saturated carbocycles. The monoisotopic (exact) mass is 316 g/mol. The van der Waals surface area contributed by atoms with E-state index in [0.717, 1.165) is 12.1 Å². The van der Waals surface area contributed by atoms with Gasteiger partial charge in [-0.25, -0.2) is 13.2 Å². The molecule has 2 aromatic rings. The molecule has 0 aliphatic heterocycles. The average molecular weight is 317 g/mol. The number of halogens is 4. The standard InChI is InChI=1S/C13H8BrF3O/c14-9-4-2-1-3-8(9)13(18)7-5-10(15)12(17)11(16)6-7/h1-6,13,18H/t13-/m0/s1. The van der Waals surface area contributed by atoms with E-state index in [1.807, 2.05) is 0 Å². The Labute approximate surface area is 110 Å². The molecule has 1 nitrogen and oxygen atoms in total. The van der Waals surface area contributed by atoms with Crippen LogP contribution < -0.4 is 0 Å². The summed E-state index contributed by atoms with van der Waals surface area (Å²) in [4.78, 5) is 0. The summed E-state index contributed by atoms with van der Waals surface area (Å²) >= 11 is 3.22. The van der Waals surface area contributed by atoms with Gasteiger partial charge in [0.15, 0.2) is 17.5 Å². The molecule has 0 bridgehead atoms. The maximum atomic E-state index is 13.1. The first-order valence-electron chi connectivity index (χ1n) is 5.07. The van der Waals surface area contributed by atoms with Crippen molar-refractivity contribution in [2.75, 3.05) is 0 Å². The molecule has 0 fully saturated rings. The predicted molar refractivity (Wildman–Crippen MR) is 64.5 cm³/mol. The fourth-order valence-corrected chi connectivity index (χ4v) is 2.11. The molecule has 5 heteroatoms. The second-order valence-electron chi connectivity index (χ2n) is 3.72. The molecule has 0 heterocycles. The Hall–Kier alpha value is -1.33. The highest BCUT2D eigenvalue weighted by Crippen LogP contribution is 2.29. The Balaban J connectivity index is 2.47. The van der Waals surface area contributed by atoms with Gasteiger partial charge in [-0.15, -0.1) is 0 Å². The van der Waals surface area contributed by atoms with Crippen molar-refractivity contribution in [2.45, 2.75) is 6.10 Å². The van der Waals surface area contributed by atoms with E-state index >= 15 is 0 Å². The van der Waals surface area contributed by atoms with Crippen molar-refractivity contribution in [1.82, 2.24) is 0 Å². The molecule has 0 amide bonds. The lowest BCUT2D eigenvalue weighted by atomic mass is 10.0. The summed E-state index contributed by atoms with van der Waals surface area (Å²) < 4.78 is 39.6. The average Bonchev–Trinajstić information content (AvgIpc) is 2.35. The van der Waals surface area contributed by atoms with Gasteiger partial charge in [0.1, 0.15) is 6.10 Å². The van der Waals surface area contributed by atoms with Crippen LogP contribution in [0, 0.1) is 17.5 Å². The Morgan fingerprint density at radius 1 is 1.00 bits per heavy atom. The number of hydrogen-bond donors (Lipinski definition) is 1. The van der Waals surface area contributed by atoms with Crippen LogP contribution in [0.1, 0.15) is 17.2 Å². The highest BCUT2D eigenvalue weighted by molar-refractivity contribution is 9.10. The summed E-state index contributed by atoms with van der Waals surface area (Å²) in [5.74, 6) is -4.19. The van der Waals surface area contributed by atoms with Gasteiger partial charge in [-0.05, 0) is 29.3 Å². The fraction of sp³-hybridized carbons (Fsp3) is 0.0769. The van der Waals surface area contributed by atoms with Crippen molar-refractivity contribution in [3.63, 3.8) is 0 Å². The number of benzene rings is 2. The number of aliphatic hydroxyl groups is 1. The van der Waals surface area contributed by atoms with Crippen LogP contribution in [0.2, 0.25) is 0 Å². The fourth-order valence-electron chi connectivity index (χ4n) is 1.61. The van der Waals surface area contributed by atoms with E-state index < -0.39 is 23.6 Å². The normalized spacial score (nSPS) is 12.5. The minimum atomic E-state index is -1.54. The summed E-state index contributed by atoms with van der Waals surface area (Å²) in [6, 6.07) is 8.28. The van der Waals surface area contributed by atoms with Gasteiger partial charge in [-0.1, -0.05) is 34.1 Å².